The van der Waals surface area contributed by atoms with Gasteiger partial charge in [-0.3, -0.25) is 4.79 Å². The summed E-state index contributed by atoms with van der Waals surface area (Å²) in [6, 6.07) is 0.448. The predicted octanol–water partition coefficient (Wildman–Crippen LogP) is 2.88. The number of carbonyl (C=O) groups excluding carboxylic acids is 1. The summed E-state index contributed by atoms with van der Waals surface area (Å²) < 4.78 is 0. The molecule has 1 heterocycles. The fraction of sp³-hybridized carbons (Fsp3) is 0.933. The lowest BCUT2D eigenvalue weighted by molar-refractivity contribution is -0.122. The molecule has 0 spiro atoms. The largest absolute Gasteiger partial charge is 0.353 e. The van der Waals surface area contributed by atoms with Crippen LogP contribution in [0.15, 0.2) is 0 Å². The number of amides is 1. The van der Waals surface area contributed by atoms with Gasteiger partial charge in [0.05, 0.1) is 0 Å². The highest BCUT2D eigenvalue weighted by Gasteiger charge is 2.19. The van der Waals surface area contributed by atoms with E-state index in [1.807, 2.05) is 0 Å². The SMILES string of the molecule is CC1CCCC(NC(=O)CCC2CCNC2)CC1.Cl. The van der Waals surface area contributed by atoms with Crippen LogP contribution in [0.25, 0.3) is 0 Å². The summed E-state index contributed by atoms with van der Waals surface area (Å²) in [5, 5.41) is 6.60. The molecular formula is C15H29ClN2O. The second-order valence-electron chi connectivity index (χ2n) is 6.28. The van der Waals surface area contributed by atoms with Crippen molar-refractivity contribution >= 4 is 18.3 Å². The molecule has 2 rings (SSSR count). The van der Waals surface area contributed by atoms with Crippen LogP contribution in [0.2, 0.25) is 0 Å². The maximum atomic E-state index is 11.9. The molecule has 4 heteroatoms. The minimum atomic E-state index is 0. The topological polar surface area (TPSA) is 41.1 Å². The molecule has 3 atom stereocenters. The lowest BCUT2D eigenvalue weighted by Crippen LogP contribution is -2.34. The molecule has 1 amide bonds. The first-order valence-electron chi connectivity index (χ1n) is 7.74. The molecule has 1 aliphatic carbocycles. The van der Waals surface area contributed by atoms with E-state index in [4.69, 9.17) is 0 Å². The minimum absolute atomic E-state index is 0. The molecule has 0 radical (unpaired) electrons. The summed E-state index contributed by atoms with van der Waals surface area (Å²) >= 11 is 0. The molecule has 1 saturated heterocycles. The number of rotatable bonds is 4. The Labute approximate surface area is 123 Å². The Kier molecular flexibility index (Phi) is 7.77. The number of hydrogen-bond acceptors (Lipinski definition) is 2. The minimum Gasteiger partial charge on any atom is -0.353 e. The van der Waals surface area contributed by atoms with Gasteiger partial charge in [0.25, 0.3) is 0 Å². The molecule has 0 aromatic heterocycles. The first-order valence-corrected chi connectivity index (χ1v) is 7.74. The molecular weight excluding hydrogens is 260 g/mol. The van der Waals surface area contributed by atoms with E-state index < -0.39 is 0 Å². The molecule has 3 nitrogen and oxygen atoms in total. The maximum absolute atomic E-state index is 11.9. The zero-order chi connectivity index (χ0) is 12.8. The van der Waals surface area contributed by atoms with E-state index in [0.717, 1.165) is 37.8 Å². The van der Waals surface area contributed by atoms with E-state index in [9.17, 15) is 4.79 Å². The van der Waals surface area contributed by atoms with E-state index >= 15 is 0 Å². The monoisotopic (exact) mass is 288 g/mol. The summed E-state index contributed by atoms with van der Waals surface area (Å²) in [7, 11) is 0. The van der Waals surface area contributed by atoms with Gasteiger partial charge in [0.15, 0.2) is 0 Å². The third kappa shape index (κ3) is 6.13. The highest BCUT2D eigenvalue weighted by atomic mass is 35.5. The molecule has 1 saturated carbocycles. The van der Waals surface area contributed by atoms with Gasteiger partial charge in [-0.1, -0.05) is 19.8 Å². The Morgan fingerprint density at radius 1 is 1.21 bits per heavy atom. The van der Waals surface area contributed by atoms with Gasteiger partial charge in [0, 0.05) is 12.5 Å². The van der Waals surface area contributed by atoms with E-state index in [1.165, 1.54) is 38.5 Å². The molecule has 19 heavy (non-hydrogen) atoms. The summed E-state index contributed by atoms with van der Waals surface area (Å²) in [5.41, 5.74) is 0. The van der Waals surface area contributed by atoms with Crippen LogP contribution in [0.1, 0.15) is 58.3 Å². The van der Waals surface area contributed by atoms with Gasteiger partial charge >= 0.3 is 0 Å². The van der Waals surface area contributed by atoms with E-state index in [0.29, 0.717) is 6.04 Å². The van der Waals surface area contributed by atoms with Crippen LogP contribution in [0.3, 0.4) is 0 Å². The van der Waals surface area contributed by atoms with Gasteiger partial charge in [0.2, 0.25) is 5.91 Å². The van der Waals surface area contributed by atoms with E-state index in [-0.39, 0.29) is 18.3 Å². The number of hydrogen-bond donors (Lipinski definition) is 2. The summed E-state index contributed by atoms with van der Waals surface area (Å²) in [6.45, 7) is 4.57. The van der Waals surface area contributed by atoms with Crippen molar-refractivity contribution in [2.75, 3.05) is 13.1 Å². The van der Waals surface area contributed by atoms with Crippen molar-refractivity contribution in [3.05, 3.63) is 0 Å². The average molecular weight is 289 g/mol. The fourth-order valence-electron chi connectivity index (χ4n) is 3.23. The van der Waals surface area contributed by atoms with Crippen LogP contribution in [0.5, 0.6) is 0 Å². The second-order valence-corrected chi connectivity index (χ2v) is 6.28. The lowest BCUT2D eigenvalue weighted by Gasteiger charge is -2.17. The predicted molar refractivity (Wildman–Crippen MR) is 81.6 cm³/mol. The van der Waals surface area contributed by atoms with E-state index in [2.05, 4.69) is 17.6 Å². The Bertz CT molecular complexity index is 267. The van der Waals surface area contributed by atoms with Crippen LogP contribution in [-0.2, 0) is 4.79 Å². The third-order valence-electron chi connectivity index (χ3n) is 4.56. The summed E-state index contributed by atoms with van der Waals surface area (Å²) in [6.07, 6.45) is 9.27. The molecule has 112 valence electrons. The molecule has 0 aromatic carbocycles. The molecule has 2 aliphatic rings. The van der Waals surface area contributed by atoms with Crippen molar-refractivity contribution in [1.29, 1.82) is 0 Å². The van der Waals surface area contributed by atoms with Gasteiger partial charge in [0.1, 0.15) is 0 Å². The normalized spacial score (nSPS) is 31.3. The fourth-order valence-corrected chi connectivity index (χ4v) is 3.23. The Morgan fingerprint density at radius 3 is 2.79 bits per heavy atom. The zero-order valence-corrected chi connectivity index (χ0v) is 12.9. The quantitative estimate of drug-likeness (QED) is 0.781. The van der Waals surface area contributed by atoms with E-state index in [1.54, 1.807) is 0 Å². The molecule has 2 fully saturated rings. The number of carbonyl (C=O) groups is 1. The van der Waals surface area contributed by atoms with Gasteiger partial charge in [-0.25, -0.2) is 0 Å². The van der Waals surface area contributed by atoms with Gasteiger partial charge < -0.3 is 10.6 Å². The molecule has 2 N–H and O–H groups in total. The molecule has 0 bridgehead atoms. The van der Waals surface area contributed by atoms with Crippen molar-refractivity contribution < 1.29 is 4.79 Å². The Morgan fingerprint density at radius 2 is 2.05 bits per heavy atom. The summed E-state index contributed by atoms with van der Waals surface area (Å²) in [5.74, 6) is 1.85. The van der Waals surface area contributed by atoms with Crippen LogP contribution < -0.4 is 10.6 Å². The number of nitrogens with one attached hydrogen (secondary N) is 2. The smallest absolute Gasteiger partial charge is 0.220 e. The average Bonchev–Trinajstić information content (AvgIpc) is 2.79. The molecule has 0 aromatic rings. The highest BCUT2D eigenvalue weighted by Crippen LogP contribution is 2.23. The zero-order valence-electron chi connectivity index (χ0n) is 12.1. The van der Waals surface area contributed by atoms with Crippen LogP contribution in [0.4, 0.5) is 0 Å². The Balaban J connectivity index is 0.00000180. The third-order valence-corrected chi connectivity index (χ3v) is 4.56. The van der Waals surface area contributed by atoms with Gasteiger partial charge in [-0.2, -0.15) is 0 Å². The molecule has 1 aliphatic heterocycles. The van der Waals surface area contributed by atoms with Crippen molar-refractivity contribution in [1.82, 2.24) is 10.6 Å². The van der Waals surface area contributed by atoms with Crippen molar-refractivity contribution in [3.8, 4) is 0 Å². The first-order chi connectivity index (χ1) is 8.74. The van der Waals surface area contributed by atoms with Crippen LogP contribution >= 0.6 is 12.4 Å². The highest BCUT2D eigenvalue weighted by molar-refractivity contribution is 5.85. The second kappa shape index (κ2) is 8.80. The maximum Gasteiger partial charge on any atom is 0.220 e. The van der Waals surface area contributed by atoms with Crippen LogP contribution in [-0.4, -0.2) is 25.0 Å². The van der Waals surface area contributed by atoms with Crippen molar-refractivity contribution in [2.45, 2.75) is 64.3 Å². The Hall–Kier alpha value is -0.280. The van der Waals surface area contributed by atoms with Gasteiger partial charge in [-0.05, 0) is 57.0 Å². The first kappa shape index (κ1) is 16.8. The van der Waals surface area contributed by atoms with Crippen molar-refractivity contribution in [2.24, 2.45) is 11.8 Å². The molecule has 3 unspecified atom stereocenters. The van der Waals surface area contributed by atoms with Crippen molar-refractivity contribution in [3.63, 3.8) is 0 Å². The van der Waals surface area contributed by atoms with Gasteiger partial charge in [-0.15, -0.1) is 12.4 Å². The number of halogens is 1. The van der Waals surface area contributed by atoms with Crippen LogP contribution in [0, 0.1) is 11.8 Å². The summed E-state index contributed by atoms with van der Waals surface area (Å²) in [4.78, 5) is 11.9. The lowest BCUT2D eigenvalue weighted by atomic mass is 10.0. The standard InChI is InChI=1S/C15H28N2O.ClH/c1-12-3-2-4-14(7-5-12)17-15(18)8-6-13-9-10-16-11-13;/h12-14,16H,2-11H2,1H3,(H,17,18);1H.